The lowest BCUT2D eigenvalue weighted by atomic mass is 10.1. The Bertz CT molecular complexity index is 1460. The van der Waals surface area contributed by atoms with Crippen molar-refractivity contribution in [2.75, 3.05) is 43.4 Å². The van der Waals surface area contributed by atoms with E-state index in [1.54, 1.807) is 22.9 Å². The number of aromatic nitrogens is 4. The summed E-state index contributed by atoms with van der Waals surface area (Å²) in [4.78, 5) is 26.5. The molecule has 1 atom stereocenters. The van der Waals surface area contributed by atoms with Crippen LogP contribution >= 0.6 is 23.2 Å². The Morgan fingerprint density at radius 1 is 1.00 bits per heavy atom. The number of ether oxygens (including phenoxy) is 1. The summed E-state index contributed by atoms with van der Waals surface area (Å²) in [5.74, 6) is 1.03. The van der Waals surface area contributed by atoms with Crippen LogP contribution in [0.25, 0.3) is 28.0 Å². The predicted molar refractivity (Wildman–Crippen MR) is 144 cm³/mol. The van der Waals surface area contributed by atoms with Gasteiger partial charge in [-0.05, 0) is 31.0 Å². The van der Waals surface area contributed by atoms with Gasteiger partial charge in [0.15, 0.2) is 5.65 Å². The van der Waals surface area contributed by atoms with Crippen molar-refractivity contribution in [3.05, 3.63) is 58.6 Å². The number of rotatable bonds is 4. The zero-order valence-corrected chi connectivity index (χ0v) is 21.5. The number of nitrogen functional groups attached to an aromatic ring is 1. The number of hydrogen-bond donors (Lipinski definition) is 1. The highest BCUT2D eigenvalue weighted by molar-refractivity contribution is 6.42. The second kappa shape index (κ2) is 9.81. The molecule has 2 N–H and O–H groups in total. The van der Waals surface area contributed by atoms with Gasteiger partial charge in [-0.3, -0.25) is 4.79 Å². The quantitative estimate of drug-likeness (QED) is 0.416. The van der Waals surface area contributed by atoms with Crippen molar-refractivity contribution in [3.8, 4) is 16.9 Å². The smallest absolute Gasteiger partial charge is 0.251 e. The molecule has 190 valence electrons. The van der Waals surface area contributed by atoms with E-state index < -0.39 is 0 Å². The van der Waals surface area contributed by atoms with E-state index in [0.29, 0.717) is 77.0 Å². The van der Waals surface area contributed by atoms with Crippen molar-refractivity contribution in [2.24, 2.45) is 0 Å². The molecular weight excluding hydrogens is 513 g/mol. The van der Waals surface area contributed by atoms with Crippen LogP contribution in [-0.4, -0.2) is 69.4 Å². The Hall–Kier alpha value is -3.40. The lowest BCUT2D eigenvalue weighted by Crippen LogP contribution is -2.51. The summed E-state index contributed by atoms with van der Waals surface area (Å²) < 4.78 is 7.20. The average Bonchev–Trinajstić information content (AvgIpc) is 3.59. The predicted octanol–water partition coefficient (Wildman–Crippen LogP) is 4.20. The van der Waals surface area contributed by atoms with Gasteiger partial charge in [0.25, 0.3) is 5.91 Å². The van der Waals surface area contributed by atoms with E-state index in [2.05, 4.69) is 4.90 Å². The highest BCUT2D eigenvalue weighted by atomic mass is 35.5. The number of anilines is 2. The van der Waals surface area contributed by atoms with Crippen molar-refractivity contribution in [1.29, 1.82) is 0 Å². The highest BCUT2D eigenvalue weighted by Gasteiger charge is 2.31. The van der Waals surface area contributed by atoms with E-state index >= 15 is 0 Å². The Balaban J connectivity index is 1.37. The number of carbonyl (C=O) groups excluding carboxylic acids is 1. The molecule has 1 amide bonds. The minimum absolute atomic E-state index is 0.0756. The van der Waals surface area contributed by atoms with E-state index in [4.69, 9.17) is 48.7 Å². The number of hydrogen-bond acceptors (Lipinski definition) is 7. The van der Waals surface area contributed by atoms with E-state index in [1.165, 1.54) is 0 Å². The maximum atomic E-state index is 12.8. The van der Waals surface area contributed by atoms with Crippen molar-refractivity contribution in [1.82, 2.24) is 24.6 Å². The molecular formula is C26H25Cl2N7O2. The summed E-state index contributed by atoms with van der Waals surface area (Å²) >= 11 is 12.4. The van der Waals surface area contributed by atoms with Crippen molar-refractivity contribution >= 4 is 51.9 Å². The highest BCUT2D eigenvalue weighted by Crippen LogP contribution is 2.34. The van der Waals surface area contributed by atoms with E-state index in [1.807, 2.05) is 35.2 Å². The zero-order chi connectivity index (χ0) is 25.5. The van der Waals surface area contributed by atoms with Gasteiger partial charge < -0.3 is 20.3 Å². The summed E-state index contributed by atoms with van der Waals surface area (Å²) in [6.07, 6.45) is 1.42. The molecule has 0 bridgehead atoms. The first kappa shape index (κ1) is 24.0. The lowest BCUT2D eigenvalue weighted by molar-refractivity contribution is -0.141. The Morgan fingerprint density at radius 2 is 1.78 bits per heavy atom. The van der Waals surface area contributed by atoms with Gasteiger partial charge in [-0.1, -0.05) is 53.5 Å². The Kier molecular flexibility index (Phi) is 6.36. The molecule has 4 heterocycles. The van der Waals surface area contributed by atoms with Crippen LogP contribution in [0.2, 0.25) is 10.0 Å². The van der Waals surface area contributed by atoms with Gasteiger partial charge in [0.1, 0.15) is 11.9 Å². The van der Waals surface area contributed by atoms with Gasteiger partial charge in [-0.25, -0.2) is 9.67 Å². The molecule has 0 aliphatic carbocycles. The number of piperazine rings is 1. The van der Waals surface area contributed by atoms with Crippen LogP contribution in [0.5, 0.6) is 0 Å². The SMILES string of the molecule is Nc1c2c(-c3ccccc3)nc(N3CCN(C(=O)C4CCCO4)CC3)nc2nn1-c1ccc(Cl)c(Cl)c1. The fourth-order valence-electron chi connectivity index (χ4n) is 4.86. The molecule has 0 saturated carbocycles. The Labute approximate surface area is 223 Å². The van der Waals surface area contributed by atoms with Crippen LogP contribution in [0.4, 0.5) is 11.8 Å². The summed E-state index contributed by atoms with van der Waals surface area (Å²) in [5.41, 5.74) is 9.36. The minimum Gasteiger partial charge on any atom is -0.383 e. The molecule has 2 fully saturated rings. The largest absolute Gasteiger partial charge is 0.383 e. The van der Waals surface area contributed by atoms with Crippen molar-refractivity contribution < 1.29 is 9.53 Å². The topological polar surface area (TPSA) is 102 Å². The second-order valence-electron chi connectivity index (χ2n) is 9.15. The van der Waals surface area contributed by atoms with Crippen LogP contribution in [0.15, 0.2) is 48.5 Å². The van der Waals surface area contributed by atoms with Crippen LogP contribution < -0.4 is 10.6 Å². The van der Waals surface area contributed by atoms with Crippen LogP contribution in [0.3, 0.4) is 0 Å². The molecule has 2 saturated heterocycles. The number of benzene rings is 2. The first-order chi connectivity index (χ1) is 18.0. The first-order valence-electron chi connectivity index (χ1n) is 12.2. The number of halogens is 2. The molecule has 2 aliphatic heterocycles. The monoisotopic (exact) mass is 537 g/mol. The van der Waals surface area contributed by atoms with Crippen LogP contribution in [0, 0.1) is 0 Å². The van der Waals surface area contributed by atoms with Crippen molar-refractivity contribution in [3.63, 3.8) is 0 Å². The molecule has 4 aromatic rings. The van der Waals surface area contributed by atoms with Gasteiger partial charge in [-0.2, -0.15) is 4.98 Å². The van der Waals surface area contributed by atoms with Gasteiger partial charge in [-0.15, -0.1) is 5.10 Å². The number of nitrogens with two attached hydrogens (primary N) is 1. The Morgan fingerprint density at radius 3 is 2.49 bits per heavy atom. The first-order valence-corrected chi connectivity index (χ1v) is 13.0. The third-order valence-electron chi connectivity index (χ3n) is 6.83. The molecule has 1 unspecified atom stereocenters. The van der Waals surface area contributed by atoms with Gasteiger partial charge in [0.2, 0.25) is 5.95 Å². The van der Waals surface area contributed by atoms with Crippen LogP contribution in [-0.2, 0) is 9.53 Å². The number of carbonyl (C=O) groups is 1. The minimum atomic E-state index is -0.308. The van der Waals surface area contributed by atoms with E-state index in [-0.39, 0.29) is 12.0 Å². The number of amides is 1. The third kappa shape index (κ3) is 4.47. The molecule has 9 nitrogen and oxygen atoms in total. The summed E-state index contributed by atoms with van der Waals surface area (Å²) in [6.45, 7) is 3.05. The standard InChI is InChI=1S/C26H25Cl2N7O2/c27-18-9-8-17(15-19(18)28)35-23(29)21-22(16-5-2-1-3-6-16)30-26(31-24(21)32-35)34-12-10-33(11-13-34)25(36)20-7-4-14-37-20/h1-3,5-6,8-9,15,20H,4,7,10-14,29H2. The summed E-state index contributed by atoms with van der Waals surface area (Å²) in [7, 11) is 0. The zero-order valence-electron chi connectivity index (χ0n) is 20.0. The number of fused-ring (bicyclic) bond motifs is 1. The fraction of sp³-hybridized carbons (Fsp3) is 0.308. The third-order valence-corrected chi connectivity index (χ3v) is 7.57. The summed E-state index contributed by atoms with van der Waals surface area (Å²) in [5, 5.41) is 6.24. The molecule has 2 aromatic heterocycles. The molecule has 2 aromatic carbocycles. The summed E-state index contributed by atoms with van der Waals surface area (Å²) in [6, 6.07) is 15.1. The molecule has 0 radical (unpaired) electrons. The van der Waals surface area contributed by atoms with E-state index in [0.717, 1.165) is 18.4 Å². The molecule has 11 heteroatoms. The fourth-order valence-corrected chi connectivity index (χ4v) is 5.16. The maximum Gasteiger partial charge on any atom is 0.251 e. The van der Waals surface area contributed by atoms with Gasteiger partial charge in [0.05, 0.1) is 26.8 Å². The van der Waals surface area contributed by atoms with E-state index in [9.17, 15) is 4.79 Å². The van der Waals surface area contributed by atoms with Crippen LogP contribution in [0.1, 0.15) is 12.8 Å². The second-order valence-corrected chi connectivity index (χ2v) is 9.96. The van der Waals surface area contributed by atoms with Crippen molar-refractivity contribution in [2.45, 2.75) is 18.9 Å². The van der Waals surface area contributed by atoms with Gasteiger partial charge in [0, 0.05) is 38.3 Å². The normalized spacial score (nSPS) is 18.1. The number of nitrogens with zero attached hydrogens (tertiary/aromatic N) is 6. The molecule has 2 aliphatic rings. The molecule has 0 spiro atoms. The molecule has 6 rings (SSSR count). The van der Waals surface area contributed by atoms with Gasteiger partial charge >= 0.3 is 0 Å². The average molecular weight is 538 g/mol. The lowest BCUT2D eigenvalue weighted by Gasteiger charge is -2.35. The maximum absolute atomic E-state index is 12.8. The molecule has 37 heavy (non-hydrogen) atoms.